The second kappa shape index (κ2) is 8.09. The number of halogens is 1. The lowest BCUT2D eigenvalue weighted by Crippen LogP contribution is -2.31. The van der Waals surface area contributed by atoms with Gasteiger partial charge in [-0.1, -0.05) is 11.6 Å². The molecule has 1 aromatic heterocycles. The monoisotopic (exact) mass is 396 g/mol. The summed E-state index contributed by atoms with van der Waals surface area (Å²) in [7, 11) is 0. The van der Waals surface area contributed by atoms with Crippen LogP contribution in [0.1, 0.15) is 26.7 Å². The minimum atomic E-state index is -0.532. The van der Waals surface area contributed by atoms with E-state index >= 15 is 0 Å². The number of anilines is 1. The molecule has 0 amide bonds. The highest BCUT2D eigenvalue weighted by molar-refractivity contribution is 7.06. The van der Waals surface area contributed by atoms with Gasteiger partial charge < -0.3 is 10.1 Å². The van der Waals surface area contributed by atoms with Gasteiger partial charge in [-0.25, -0.2) is 14.5 Å². The zero-order chi connectivity index (χ0) is 18.7. The molecule has 7 nitrogen and oxygen atoms in total. The van der Waals surface area contributed by atoms with E-state index in [9.17, 15) is 9.59 Å². The van der Waals surface area contributed by atoms with Gasteiger partial charge >= 0.3 is 10.8 Å². The van der Waals surface area contributed by atoms with Crippen LogP contribution < -0.4 is 15.0 Å². The van der Waals surface area contributed by atoms with E-state index in [2.05, 4.69) is 10.3 Å². The standard InChI is InChI=1S/C17H21ClN4O3S/c1-3-25-15(23)11(2)19-14-10-12(6-7-13(14)18)20-16-21-8-4-5-9-22(21)17(24)26-16/h6-7,10-11,19H,3-5,8-9H2,1-2H3/b20-16-. The fourth-order valence-corrected chi connectivity index (χ4v) is 3.85. The molecule has 1 aliphatic heterocycles. The lowest BCUT2D eigenvalue weighted by molar-refractivity contribution is -0.143. The Kier molecular flexibility index (Phi) is 5.83. The highest BCUT2D eigenvalue weighted by Crippen LogP contribution is 2.27. The predicted molar refractivity (Wildman–Crippen MR) is 102 cm³/mol. The van der Waals surface area contributed by atoms with E-state index in [1.54, 1.807) is 36.7 Å². The summed E-state index contributed by atoms with van der Waals surface area (Å²) in [4.78, 5) is 29.2. The van der Waals surface area contributed by atoms with Gasteiger partial charge in [0.1, 0.15) is 6.04 Å². The first kappa shape index (κ1) is 18.7. The van der Waals surface area contributed by atoms with Crippen molar-refractivity contribution in [2.24, 2.45) is 4.99 Å². The van der Waals surface area contributed by atoms with E-state index < -0.39 is 6.04 Å². The third kappa shape index (κ3) is 4.02. The first-order valence-electron chi connectivity index (χ1n) is 8.58. The second-order valence-electron chi connectivity index (χ2n) is 6.00. The van der Waals surface area contributed by atoms with Crippen molar-refractivity contribution < 1.29 is 9.53 Å². The Labute approximate surface area is 159 Å². The maximum Gasteiger partial charge on any atom is 0.328 e. The Morgan fingerprint density at radius 2 is 2.12 bits per heavy atom. The summed E-state index contributed by atoms with van der Waals surface area (Å²) in [6, 6.07) is 4.74. The molecule has 0 fully saturated rings. The van der Waals surface area contributed by atoms with Gasteiger partial charge in [-0.3, -0.25) is 9.48 Å². The summed E-state index contributed by atoms with van der Waals surface area (Å²) in [5.74, 6) is -0.346. The highest BCUT2D eigenvalue weighted by Gasteiger charge is 2.16. The van der Waals surface area contributed by atoms with Crippen molar-refractivity contribution in [2.45, 2.75) is 45.8 Å². The largest absolute Gasteiger partial charge is 0.464 e. The fourth-order valence-electron chi connectivity index (χ4n) is 2.78. The first-order valence-corrected chi connectivity index (χ1v) is 9.77. The van der Waals surface area contributed by atoms with Crippen LogP contribution in [0.3, 0.4) is 0 Å². The molecule has 26 heavy (non-hydrogen) atoms. The van der Waals surface area contributed by atoms with Crippen LogP contribution >= 0.6 is 22.9 Å². The molecule has 0 radical (unpaired) electrons. The Morgan fingerprint density at radius 3 is 2.85 bits per heavy atom. The molecule has 0 aliphatic carbocycles. The van der Waals surface area contributed by atoms with Crippen LogP contribution in [0, 0.1) is 0 Å². The van der Waals surface area contributed by atoms with Gasteiger partial charge in [-0.2, -0.15) is 0 Å². The van der Waals surface area contributed by atoms with E-state index in [4.69, 9.17) is 16.3 Å². The molecule has 3 rings (SSSR count). The minimum Gasteiger partial charge on any atom is -0.464 e. The van der Waals surface area contributed by atoms with Crippen LogP contribution in [-0.2, 0) is 22.6 Å². The Balaban J connectivity index is 1.91. The van der Waals surface area contributed by atoms with E-state index in [0.717, 1.165) is 37.3 Å². The average Bonchev–Trinajstić information content (AvgIpc) is 2.94. The summed E-state index contributed by atoms with van der Waals surface area (Å²) in [6.45, 7) is 5.32. The van der Waals surface area contributed by atoms with Crippen LogP contribution in [0.15, 0.2) is 28.0 Å². The van der Waals surface area contributed by atoms with E-state index in [0.29, 0.717) is 27.8 Å². The summed E-state index contributed by atoms with van der Waals surface area (Å²) in [5.41, 5.74) is 1.26. The fraction of sp³-hybridized carbons (Fsp3) is 0.471. The number of benzene rings is 1. The quantitative estimate of drug-likeness (QED) is 0.788. The number of hydrogen-bond acceptors (Lipinski definition) is 6. The average molecular weight is 397 g/mol. The van der Waals surface area contributed by atoms with Crippen LogP contribution in [0.25, 0.3) is 0 Å². The number of esters is 1. The molecule has 140 valence electrons. The molecule has 2 aromatic rings. The van der Waals surface area contributed by atoms with Crippen molar-refractivity contribution in [3.63, 3.8) is 0 Å². The van der Waals surface area contributed by atoms with Gasteiger partial charge in [0.05, 0.1) is 23.0 Å². The maximum atomic E-state index is 12.1. The Bertz CT molecular complexity index is 931. The SMILES string of the molecule is CCOC(=O)C(C)Nc1cc(/N=c2\sc(=O)n3n2CCCC3)ccc1Cl. The number of nitrogens with zero attached hydrogens (tertiary/aromatic N) is 3. The third-order valence-electron chi connectivity index (χ3n) is 4.08. The Hall–Kier alpha value is -2.06. The molecule has 9 heteroatoms. The van der Waals surface area contributed by atoms with E-state index in [-0.39, 0.29) is 10.8 Å². The number of ether oxygens (including phenoxy) is 1. The molecule has 0 bridgehead atoms. The molecular weight excluding hydrogens is 376 g/mol. The number of aromatic nitrogens is 2. The molecule has 0 saturated carbocycles. The molecule has 1 N–H and O–H groups in total. The topological polar surface area (TPSA) is 77.6 Å². The van der Waals surface area contributed by atoms with Crippen molar-refractivity contribution in [1.29, 1.82) is 0 Å². The van der Waals surface area contributed by atoms with Crippen LogP contribution in [0.2, 0.25) is 5.02 Å². The first-order chi connectivity index (χ1) is 12.5. The molecule has 0 saturated heterocycles. The molecule has 2 heterocycles. The number of fused-ring (bicyclic) bond motifs is 1. The Morgan fingerprint density at radius 1 is 1.38 bits per heavy atom. The normalized spacial score (nSPS) is 15.4. The van der Waals surface area contributed by atoms with Crippen LogP contribution in [0.5, 0.6) is 0 Å². The van der Waals surface area contributed by atoms with Crippen molar-refractivity contribution in [1.82, 2.24) is 9.36 Å². The van der Waals surface area contributed by atoms with E-state index in [1.807, 2.05) is 4.68 Å². The third-order valence-corrected chi connectivity index (χ3v) is 5.28. The number of carbonyl (C=O) groups excluding carboxylic acids is 1. The number of hydrogen-bond donors (Lipinski definition) is 1. The predicted octanol–water partition coefficient (Wildman–Crippen LogP) is 2.75. The number of carbonyl (C=O) groups is 1. The molecular formula is C17H21ClN4O3S. The van der Waals surface area contributed by atoms with Gasteiger partial charge in [0, 0.05) is 13.1 Å². The van der Waals surface area contributed by atoms with Crippen molar-refractivity contribution in [2.75, 3.05) is 11.9 Å². The molecule has 1 atom stereocenters. The molecule has 1 unspecified atom stereocenters. The zero-order valence-electron chi connectivity index (χ0n) is 14.7. The molecule has 1 aromatic carbocycles. The summed E-state index contributed by atoms with van der Waals surface area (Å²) in [6.07, 6.45) is 2.05. The summed E-state index contributed by atoms with van der Waals surface area (Å²) >= 11 is 7.37. The van der Waals surface area contributed by atoms with Crippen molar-refractivity contribution in [3.05, 3.63) is 37.7 Å². The van der Waals surface area contributed by atoms with Crippen LogP contribution in [-0.4, -0.2) is 28.0 Å². The minimum absolute atomic E-state index is 0.00620. The van der Waals surface area contributed by atoms with Gasteiger partial charge in [0.15, 0.2) is 0 Å². The van der Waals surface area contributed by atoms with Crippen molar-refractivity contribution >= 4 is 40.3 Å². The lowest BCUT2D eigenvalue weighted by atomic mass is 10.2. The summed E-state index contributed by atoms with van der Waals surface area (Å²) < 4.78 is 8.67. The van der Waals surface area contributed by atoms with Crippen LogP contribution in [0.4, 0.5) is 11.4 Å². The van der Waals surface area contributed by atoms with Gasteiger partial charge in [0.25, 0.3) is 0 Å². The second-order valence-corrected chi connectivity index (χ2v) is 7.32. The van der Waals surface area contributed by atoms with Gasteiger partial charge in [-0.05, 0) is 56.2 Å². The highest BCUT2D eigenvalue weighted by atomic mass is 35.5. The number of rotatable bonds is 5. The van der Waals surface area contributed by atoms with E-state index in [1.165, 1.54) is 0 Å². The summed E-state index contributed by atoms with van der Waals surface area (Å²) in [5, 5.41) is 3.54. The molecule has 0 spiro atoms. The van der Waals surface area contributed by atoms with Gasteiger partial charge in [-0.15, -0.1) is 0 Å². The number of nitrogens with one attached hydrogen (secondary N) is 1. The lowest BCUT2D eigenvalue weighted by Gasteiger charge is -2.16. The zero-order valence-corrected chi connectivity index (χ0v) is 16.3. The molecule has 1 aliphatic rings. The smallest absolute Gasteiger partial charge is 0.328 e. The van der Waals surface area contributed by atoms with Crippen molar-refractivity contribution in [3.8, 4) is 0 Å². The maximum absolute atomic E-state index is 12.1. The van der Waals surface area contributed by atoms with Gasteiger partial charge in [0.2, 0.25) is 4.80 Å².